The van der Waals surface area contributed by atoms with E-state index in [2.05, 4.69) is 22.0 Å². The number of carbonyl (C=O) groups is 1. The fourth-order valence-electron chi connectivity index (χ4n) is 2.84. The molecule has 1 aromatic carbocycles. The Labute approximate surface area is 210 Å². The number of nitrogens with zero attached hydrogens (tertiary/aromatic N) is 3. The van der Waals surface area contributed by atoms with Gasteiger partial charge in [-0.25, -0.2) is 17.9 Å². The predicted molar refractivity (Wildman–Crippen MR) is 118 cm³/mol. The zero-order valence-electron chi connectivity index (χ0n) is 20.5. The second-order valence-electron chi connectivity index (χ2n) is 7.69. The molecule has 37 heavy (non-hydrogen) atoms. The second-order valence-corrected chi connectivity index (χ2v) is 7.69. The van der Waals surface area contributed by atoms with Crippen LogP contribution in [0.2, 0.25) is 0 Å². The molecule has 0 N–H and O–H groups in total. The number of benzene rings is 1. The molecule has 0 atom stereocenters. The van der Waals surface area contributed by atoms with E-state index in [4.69, 9.17) is 18.9 Å². The maximum Gasteiger partial charge on any atom is 0.313 e. The van der Waals surface area contributed by atoms with Gasteiger partial charge in [0.05, 0.1) is 65.4 Å². The first kappa shape index (κ1) is 30.5. The topological polar surface area (TPSA) is 93.9 Å². The summed E-state index contributed by atoms with van der Waals surface area (Å²) in [5.41, 5.74) is 0.673. The minimum absolute atomic E-state index is 0.0900. The van der Waals surface area contributed by atoms with Crippen LogP contribution in [0.5, 0.6) is 5.75 Å². The van der Waals surface area contributed by atoms with Gasteiger partial charge in [-0.2, -0.15) is 8.78 Å². The molecule has 9 nitrogen and oxygen atoms in total. The number of unbranched alkanes of at least 4 members (excludes halogenated alkanes) is 2. The molecule has 0 unspecified atom stereocenters. The third-order valence-corrected chi connectivity index (χ3v) is 4.77. The maximum absolute atomic E-state index is 13.5. The average molecular weight is 539 g/mol. The Hall–Kier alpha value is -2.68. The van der Waals surface area contributed by atoms with Crippen molar-refractivity contribution in [2.75, 3.05) is 46.2 Å². The highest BCUT2D eigenvalue weighted by Crippen LogP contribution is 2.29. The van der Waals surface area contributed by atoms with Gasteiger partial charge in [-0.1, -0.05) is 25.0 Å². The van der Waals surface area contributed by atoms with Crippen molar-refractivity contribution in [3.63, 3.8) is 0 Å². The molecule has 0 fully saturated rings. The summed E-state index contributed by atoms with van der Waals surface area (Å²) in [6, 6.07) is 0. The van der Waals surface area contributed by atoms with Gasteiger partial charge >= 0.3 is 5.97 Å². The Morgan fingerprint density at radius 1 is 0.784 bits per heavy atom. The summed E-state index contributed by atoms with van der Waals surface area (Å²) in [6.45, 7) is 4.97. The molecule has 0 aliphatic heterocycles. The largest absolute Gasteiger partial charge is 0.420 e. The molecule has 1 heterocycles. The molecule has 0 amide bonds. The smallest absolute Gasteiger partial charge is 0.313 e. The van der Waals surface area contributed by atoms with E-state index in [1.807, 2.05) is 0 Å². The predicted octanol–water partition coefficient (Wildman–Crippen LogP) is 3.73. The highest BCUT2D eigenvalue weighted by Gasteiger charge is 2.28. The van der Waals surface area contributed by atoms with Gasteiger partial charge in [-0.05, 0) is 6.42 Å². The first-order chi connectivity index (χ1) is 17.8. The van der Waals surface area contributed by atoms with Gasteiger partial charge < -0.3 is 23.7 Å². The third-order valence-electron chi connectivity index (χ3n) is 4.77. The molecule has 2 rings (SSSR count). The van der Waals surface area contributed by atoms with E-state index < -0.39 is 47.2 Å². The fourth-order valence-corrected chi connectivity index (χ4v) is 2.84. The quantitative estimate of drug-likeness (QED) is 0.0666. The minimum atomic E-state index is -2.34. The van der Waals surface area contributed by atoms with E-state index in [0.717, 1.165) is 25.9 Å². The summed E-state index contributed by atoms with van der Waals surface area (Å²) in [7, 11) is 0. The molecule has 0 saturated carbocycles. The van der Waals surface area contributed by atoms with E-state index in [-0.39, 0.29) is 19.8 Å². The molecule has 0 bridgehead atoms. The second kappa shape index (κ2) is 16.9. The number of hydrogen-bond donors (Lipinski definition) is 0. The van der Waals surface area contributed by atoms with Crippen molar-refractivity contribution in [3.8, 4) is 5.75 Å². The van der Waals surface area contributed by atoms with E-state index in [0.29, 0.717) is 38.7 Å². The fraction of sp³-hybridized carbons (Fsp3) is 0.609. The number of carbonyl (C=O) groups excluding carboxylic acids is 1. The summed E-state index contributed by atoms with van der Waals surface area (Å²) in [5, 5.41) is 7.97. The molecule has 2 aromatic rings. The first-order valence-corrected chi connectivity index (χ1v) is 11.8. The van der Waals surface area contributed by atoms with Gasteiger partial charge in [-0.15, -0.1) is 5.10 Å². The van der Waals surface area contributed by atoms with Crippen LogP contribution in [0, 0.1) is 29.1 Å². The van der Waals surface area contributed by atoms with E-state index in [9.17, 15) is 26.7 Å². The maximum atomic E-state index is 13.5. The number of hydrogen-bond acceptors (Lipinski definition) is 8. The van der Waals surface area contributed by atoms with Crippen molar-refractivity contribution < 1.29 is 50.4 Å². The average Bonchev–Trinajstić information content (AvgIpc) is 3.35. The van der Waals surface area contributed by atoms with Crippen molar-refractivity contribution in [2.45, 2.75) is 45.8 Å². The Bertz CT molecular complexity index is 950. The van der Waals surface area contributed by atoms with E-state index in [1.165, 1.54) is 0 Å². The zero-order valence-corrected chi connectivity index (χ0v) is 20.5. The third kappa shape index (κ3) is 10.7. The normalized spacial score (nSPS) is 11.3. The van der Waals surface area contributed by atoms with Crippen LogP contribution >= 0.6 is 0 Å². The van der Waals surface area contributed by atoms with Crippen LogP contribution in [-0.4, -0.2) is 67.2 Å². The van der Waals surface area contributed by atoms with Crippen LogP contribution in [0.3, 0.4) is 0 Å². The van der Waals surface area contributed by atoms with Crippen LogP contribution in [0.1, 0.15) is 38.3 Å². The molecular formula is C23H30F5N3O6. The lowest BCUT2D eigenvalue weighted by molar-refractivity contribution is -0.136. The molecule has 208 valence electrons. The van der Waals surface area contributed by atoms with Crippen molar-refractivity contribution in [1.82, 2.24) is 15.0 Å². The van der Waals surface area contributed by atoms with Crippen molar-refractivity contribution in [3.05, 3.63) is 41.0 Å². The highest BCUT2D eigenvalue weighted by molar-refractivity contribution is 5.72. The van der Waals surface area contributed by atoms with Gasteiger partial charge in [-0.3, -0.25) is 4.79 Å². The molecule has 14 heteroatoms. The van der Waals surface area contributed by atoms with Crippen molar-refractivity contribution in [1.29, 1.82) is 0 Å². The summed E-state index contributed by atoms with van der Waals surface area (Å²) in [5.74, 6) is -14.1. The van der Waals surface area contributed by atoms with E-state index >= 15 is 0 Å². The molecule has 0 saturated heterocycles. The lowest BCUT2D eigenvalue weighted by Gasteiger charge is -2.09. The number of aromatic nitrogens is 3. The van der Waals surface area contributed by atoms with Crippen LogP contribution in [-0.2, 0) is 36.9 Å². The van der Waals surface area contributed by atoms with Gasteiger partial charge in [0.15, 0.2) is 0 Å². The summed E-state index contributed by atoms with van der Waals surface area (Å²) in [4.78, 5) is 11.6. The molecule has 0 aliphatic rings. The summed E-state index contributed by atoms with van der Waals surface area (Å²) < 4.78 is 93.6. The monoisotopic (exact) mass is 539 g/mol. The Balaban J connectivity index is 1.51. The molecule has 1 aromatic heterocycles. The van der Waals surface area contributed by atoms with Gasteiger partial charge in [0.2, 0.25) is 34.8 Å². The Morgan fingerprint density at radius 2 is 1.38 bits per heavy atom. The van der Waals surface area contributed by atoms with Gasteiger partial charge in [0.25, 0.3) is 0 Å². The lowest BCUT2D eigenvalue weighted by Crippen LogP contribution is -2.16. The Kier molecular flexibility index (Phi) is 14.0. The highest BCUT2D eigenvalue weighted by atomic mass is 19.2. The molecule has 0 radical (unpaired) electrons. The minimum Gasteiger partial charge on any atom is -0.420 e. The van der Waals surface area contributed by atoms with Crippen LogP contribution in [0.4, 0.5) is 22.0 Å². The first-order valence-electron chi connectivity index (χ1n) is 11.8. The zero-order chi connectivity index (χ0) is 27.0. The van der Waals surface area contributed by atoms with Crippen LogP contribution in [0.15, 0.2) is 6.20 Å². The Morgan fingerprint density at radius 3 is 2.05 bits per heavy atom. The number of ether oxygens (including phenoxy) is 5. The lowest BCUT2D eigenvalue weighted by atomic mass is 10.2. The van der Waals surface area contributed by atoms with Gasteiger partial charge in [0, 0.05) is 6.61 Å². The number of esters is 1. The number of halogens is 5. The SMILES string of the molecule is CCCCCOCCOCc1cn(CCOCCOCCC(=O)Oc2c(F)c(F)c(F)c(F)c2F)nn1. The van der Waals surface area contributed by atoms with Crippen LogP contribution < -0.4 is 4.74 Å². The summed E-state index contributed by atoms with van der Waals surface area (Å²) >= 11 is 0. The van der Waals surface area contributed by atoms with Crippen LogP contribution in [0.25, 0.3) is 0 Å². The summed E-state index contributed by atoms with van der Waals surface area (Å²) in [6.07, 6.45) is 4.60. The van der Waals surface area contributed by atoms with Gasteiger partial charge in [0.1, 0.15) is 5.69 Å². The standard InChI is InChI=1S/C23H30F5N3O6/c1-2-3-4-7-33-12-13-36-15-16-14-31(30-29-16)6-9-35-11-10-34-8-5-17(32)37-23-21(27)19(25)18(24)20(26)22(23)28/h14H,2-13,15H2,1H3. The van der Waals surface area contributed by atoms with E-state index in [1.54, 1.807) is 10.9 Å². The van der Waals surface area contributed by atoms with Crippen molar-refractivity contribution in [2.24, 2.45) is 0 Å². The molecule has 0 aliphatic carbocycles. The molecule has 0 spiro atoms. The molecular weight excluding hydrogens is 509 g/mol. The number of rotatable bonds is 19. The van der Waals surface area contributed by atoms with Crippen molar-refractivity contribution >= 4 is 5.97 Å².